The third kappa shape index (κ3) is 69.8. The summed E-state index contributed by atoms with van der Waals surface area (Å²) < 4.78 is 17.0. The van der Waals surface area contributed by atoms with Gasteiger partial charge in [-0.05, 0) is 109 Å². The van der Waals surface area contributed by atoms with Gasteiger partial charge in [0.2, 0.25) is 0 Å². The Labute approximate surface area is 517 Å². The molecule has 0 radical (unpaired) electrons. The van der Waals surface area contributed by atoms with Gasteiger partial charge in [0, 0.05) is 19.3 Å². The van der Waals surface area contributed by atoms with E-state index in [1.165, 1.54) is 276 Å². The van der Waals surface area contributed by atoms with Gasteiger partial charge < -0.3 is 14.2 Å². The van der Waals surface area contributed by atoms with Crippen LogP contribution in [0.2, 0.25) is 0 Å². The second kappa shape index (κ2) is 71.6. The lowest BCUT2D eigenvalue weighted by Gasteiger charge is -2.18. The van der Waals surface area contributed by atoms with Gasteiger partial charge in [0.1, 0.15) is 13.2 Å². The van der Waals surface area contributed by atoms with Crippen LogP contribution in [0.25, 0.3) is 0 Å². The topological polar surface area (TPSA) is 78.9 Å². The standard InChI is InChI=1S/C77H140O6/c1-4-7-10-13-16-19-22-25-28-31-34-35-36-37-38-39-40-41-42-43-44-47-49-52-55-58-61-64-67-70-76(79)82-73-74(83-77(80)71-68-65-62-59-56-53-50-46-33-30-27-24-21-18-15-12-9-6-3)72-81-75(78)69-66-63-60-57-54-51-48-45-32-29-26-23-20-17-14-11-8-5-2/h21-22,24-25,29-34,74H,4-20,23,26-28,35-73H2,1-3H3/b24-21-,25-22-,32-29-,33-30-,34-31-. The van der Waals surface area contributed by atoms with Crippen LogP contribution in [-0.4, -0.2) is 37.2 Å². The fourth-order valence-corrected chi connectivity index (χ4v) is 10.9. The maximum Gasteiger partial charge on any atom is 0.306 e. The molecule has 0 aliphatic rings. The number of carbonyl (C=O) groups is 3. The van der Waals surface area contributed by atoms with Gasteiger partial charge >= 0.3 is 17.9 Å². The van der Waals surface area contributed by atoms with Crippen molar-refractivity contribution in [1.82, 2.24) is 0 Å². The molecule has 83 heavy (non-hydrogen) atoms. The molecule has 0 aromatic carbocycles. The first-order valence-electron chi connectivity index (χ1n) is 36.8. The molecule has 0 aliphatic heterocycles. The zero-order valence-electron chi connectivity index (χ0n) is 55.7. The third-order valence-electron chi connectivity index (χ3n) is 16.5. The van der Waals surface area contributed by atoms with Crippen molar-refractivity contribution in [1.29, 1.82) is 0 Å². The van der Waals surface area contributed by atoms with E-state index in [1.54, 1.807) is 0 Å². The van der Waals surface area contributed by atoms with Crippen LogP contribution in [0.1, 0.15) is 393 Å². The molecule has 6 nitrogen and oxygen atoms in total. The quantitative estimate of drug-likeness (QED) is 0.0261. The molecular formula is C77H140O6. The molecule has 0 aromatic heterocycles. The lowest BCUT2D eigenvalue weighted by Crippen LogP contribution is -2.30. The maximum absolute atomic E-state index is 13.0. The highest BCUT2D eigenvalue weighted by Crippen LogP contribution is 2.18. The largest absolute Gasteiger partial charge is 0.462 e. The first kappa shape index (κ1) is 80.1. The van der Waals surface area contributed by atoms with Crippen LogP contribution in [-0.2, 0) is 28.6 Å². The molecule has 0 amide bonds. The highest BCUT2D eigenvalue weighted by molar-refractivity contribution is 5.71. The van der Waals surface area contributed by atoms with E-state index in [0.717, 1.165) is 77.0 Å². The van der Waals surface area contributed by atoms with Gasteiger partial charge in [0.25, 0.3) is 0 Å². The van der Waals surface area contributed by atoms with Crippen molar-refractivity contribution in [2.75, 3.05) is 13.2 Å². The van der Waals surface area contributed by atoms with Crippen LogP contribution in [0, 0.1) is 0 Å². The Morgan fingerprint density at radius 1 is 0.241 bits per heavy atom. The van der Waals surface area contributed by atoms with E-state index in [1.807, 2.05) is 0 Å². The van der Waals surface area contributed by atoms with E-state index in [4.69, 9.17) is 14.2 Å². The molecule has 0 bridgehead atoms. The number of allylic oxidation sites excluding steroid dienone is 10. The number of unbranched alkanes of at least 4 members (excludes halogenated alkanes) is 47. The van der Waals surface area contributed by atoms with Crippen LogP contribution < -0.4 is 0 Å². The molecule has 0 rings (SSSR count). The Bertz CT molecular complexity index is 1470. The minimum absolute atomic E-state index is 0.0752. The first-order valence-corrected chi connectivity index (χ1v) is 36.8. The minimum atomic E-state index is -0.781. The van der Waals surface area contributed by atoms with Crippen molar-refractivity contribution in [2.24, 2.45) is 0 Å². The van der Waals surface area contributed by atoms with Gasteiger partial charge in [-0.3, -0.25) is 14.4 Å². The Morgan fingerprint density at radius 3 is 0.687 bits per heavy atom. The number of rotatable bonds is 68. The van der Waals surface area contributed by atoms with Crippen molar-refractivity contribution in [3.05, 3.63) is 60.8 Å². The number of ether oxygens (including phenoxy) is 3. The molecule has 0 N–H and O–H groups in total. The van der Waals surface area contributed by atoms with Gasteiger partial charge in [-0.25, -0.2) is 0 Å². The Balaban J connectivity index is 4.27. The summed E-state index contributed by atoms with van der Waals surface area (Å²) in [7, 11) is 0. The summed E-state index contributed by atoms with van der Waals surface area (Å²) in [6.45, 7) is 6.67. The molecule has 0 aliphatic carbocycles. The Hall–Kier alpha value is -2.89. The summed E-state index contributed by atoms with van der Waals surface area (Å²) in [6, 6.07) is 0. The van der Waals surface area contributed by atoms with E-state index in [2.05, 4.69) is 81.5 Å². The molecule has 0 spiro atoms. The second-order valence-electron chi connectivity index (χ2n) is 24.8. The molecule has 0 saturated carbocycles. The van der Waals surface area contributed by atoms with Crippen LogP contribution >= 0.6 is 0 Å². The number of esters is 3. The van der Waals surface area contributed by atoms with E-state index in [0.29, 0.717) is 19.3 Å². The zero-order chi connectivity index (χ0) is 59.9. The van der Waals surface area contributed by atoms with Gasteiger partial charge in [-0.15, -0.1) is 0 Å². The van der Waals surface area contributed by atoms with Crippen molar-refractivity contribution in [2.45, 2.75) is 399 Å². The van der Waals surface area contributed by atoms with Crippen molar-refractivity contribution < 1.29 is 28.6 Å². The summed E-state index contributed by atoms with van der Waals surface area (Å²) in [6.07, 6.45) is 92.5. The Kier molecular flexibility index (Phi) is 69.1. The normalized spacial score (nSPS) is 12.4. The average molecular weight is 1160 g/mol. The van der Waals surface area contributed by atoms with Crippen LogP contribution in [0.3, 0.4) is 0 Å². The monoisotopic (exact) mass is 1160 g/mol. The summed E-state index contributed by atoms with van der Waals surface area (Å²) in [5.41, 5.74) is 0. The average Bonchev–Trinajstić information content (AvgIpc) is 3.50. The molecule has 0 fully saturated rings. The minimum Gasteiger partial charge on any atom is -0.462 e. The Morgan fingerprint density at radius 2 is 0.434 bits per heavy atom. The molecule has 0 saturated heterocycles. The number of hydrogen-bond acceptors (Lipinski definition) is 6. The summed E-state index contributed by atoms with van der Waals surface area (Å²) >= 11 is 0. The van der Waals surface area contributed by atoms with Gasteiger partial charge in [-0.2, -0.15) is 0 Å². The predicted molar refractivity (Wildman–Crippen MR) is 362 cm³/mol. The van der Waals surface area contributed by atoms with Crippen molar-refractivity contribution in [3.8, 4) is 0 Å². The molecule has 0 heterocycles. The molecule has 1 unspecified atom stereocenters. The smallest absolute Gasteiger partial charge is 0.306 e. The highest BCUT2D eigenvalue weighted by atomic mass is 16.6. The van der Waals surface area contributed by atoms with Crippen LogP contribution in [0.4, 0.5) is 0 Å². The number of hydrogen-bond donors (Lipinski definition) is 0. The summed E-state index contributed by atoms with van der Waals surface area (Å²) in [5, 5.41) is 0. The summed E-state index contributed by atoms with van der Waals surface area (Å²) in [5.74, 6) is -0.862. The van der Waals surface area contributed by atoms with Gasteiger partial charge in [0.05, 0.1) is 0 Å². The van der Waals surface area contributed by atoms with Gasteiger partial charge in [-0.1, -0.05) is 326 Å². The zero-order valence-corrected chi connectivity index (χ0v) is 55.7. The maximum atomic E-state index is 13.0. The fourth-order valence-electron chi connectivity index (χ4n) is 10.9. The second-order valence-corrected chi connectivity index (χ2v) is 24.8. The van der Waals surface area contributed by atoms with Crippen LogP contribution in [0.5, 0.6) is 0 Å². The van der Waals surface area contributed by atoms with E-state index < -0.39 is 6.10 Å². The van der Waals surface area contributed by atoms with Gasteiger partial charge in [0.15, 0.2) is 6.10 Å². The molecule has 1 atom stereocenters. The fraction of sp³-hybridized carbons (Fsp3) is 0.831. The van der Waals surface area contributed by atoms with E-state index >= 15 is 0 Å². The highest BCUT2D eigenvalue weighted by Gasteiger charge is 2.19. The summed E-state index contributed by atoms with van der Waals surface area (Å²) in [4.78, 5) is 38.5. The predicted octanol–water partition coefficient (Wildman–Crippen LogP) is 25.5. The lowest BCUT2D eigenvalue weighted by atomic mass is 10.0. The van der Waals surface area contributed by atoms with Crippen LogP contribution in [0.15, 0.2) is 60.8 Å². The van der Waals surface area contributed by atoms with Crippen molar-refractivity contribution in [3.63, 3.8) is 0 Å². The molecular weight excluding hydrogens is 1020 g/mol. The van der Waals surface area contributed by atoms with Crippen molar-refractivity contribution >= 4 is 17.9 Å². The number of carbonyl (C=O) groups excluding carboxylic acids is 3. The first-order chi connectivity index (χ1) is 41.0. The molecule has 0 aromatic rings. The molecule has 6 heteroatoms. The molecule has 484 valence electrons. The third-order valence-corrected chi connectivity index (χ3v) is 16.5. The van der Waals surface area contributed by atoms with E-state index in [-0.39, 0.29) is 31.1 Å². The SMILES string of the molecule is CCCCCC/C=C\C/C=C\CCCCCCCCCC(=O)OC(COC(=O)CCCCCCCCC/C=C\CCCCCCCCC)COC(=O)CCCCCCCCCCCCCCCCCCC/C=C\C/C=C\CCCCCCC. The van der Waals surface area contributed by atoms with E-state index in [9.17, 15) is 14.4 Å². The lowest BCUT2D eigenvalue weighted by molar-refractivity contribution is -0.167.